The number of hydrogen-bond donors (Lipinski definition) is 0. The summed E-state index contributed by atoms with van der Waals surface area (Å²) in [5, 5.41) is 0. The van der Waals surface area contributed by atoms with Crippen molar-refractivity contribution in [2.24, 2.45) is 5.92 Å². The van der Waals surface area contributed by atoms with E-state index < -0.39 is 0 Å². The van der Waals surface area contributed by atoms with Gasteiger partial charge in [-0.15, -0.1) is 0 Å². The fourth-order valence-electron chi connectivity index (χ4n) is 3.36. The minimum atomic E-state index is 0.743. The molecule has 0 spiro atoms. The normalized spacial score (nSPS) is 34.3. The van der Waals surface area contributed by atoms with Crippen LogP contribution in [0.4, 0.5) is 0 Å². The third-order valence-electron chi connectivity index (χ3n) is 4.79. The molecule has 2 aliphatic rings. The van der Waals surface area contributed by atoms with Crippen LogP contribution >= 0.6 is 0 Å². The summed E-state index contributed by atoms with van der Waals surface area (Å²) >= 11 is 0. The first-order valence-corrected chi connectivity index (χ1v) is 7.13. The monoisotopic (exact) mass is 224 g/mol. The zero-order valence-corrected chi connectivity index (χ0v) is 11.4. The van der Waals surface area contributed by atoms with E-state index in [1.807, 2.05) is 0 Å². The predicted molar refractivity (Wildman–Crippen MR) is 69.7 cm³/mol. The molecule has 0 bridgehead atoms. The van der Waals surface area contributed by atoms with Gasteiger partial charge < -0.3 is 0 Å². The van der Waals surface area contributed by atoms with Crippen molar-refractivity contribution in [2.45, 2.75) is 65.1 Å². The number of hydrogen-bond acceptors (Lipinski definition) is 2. The maximum Gasteiger partial charge on any atom is 0.0224 e. The summed E-state index contributed by atoms with van der Waals surface area (Å²) < 4.78 is 0. The van der Waals surface area contributed by atoms with Crippen molar-refractivity contribution in [2.75, 3.05) is 19.6 Å². The molecule has 0 aliphatic carbocycles. The molecular formula is C14H28N2. The van der Waals surface area contributed by atoms with E-state index in [0.29, 0.717) is 0 Å². The first-order valence-electron chi connectivity index (χ1n) is 7.13. The maximum atomic E-state index is 2.79. The second kappa shape index (κ2) is 5.05. The van der Waals surface area contributed by atoms with E-state index in [9.17, 15) is 0 Å². The molecule has 2 fully saturated rings. The highest BCUT2D eigenvalue weighted by molar-refractivity contribution is 4.93. The first kappa shape index (κ1) is 12.4. The third kappa shape index (κ3) is 2.28. The molecule has 0 aromatic heterocycles. The number of piperazine rings is 1. The van der Waals surface area contributed by atoms with Gasteiger partial charge in [-0.1, -0.05) is 20.8 Å². The average Bonchev–Trinajstić information content (AvgIpc) is 2.72. The molecular weight excluding hydrogens is 196 g/mol. The average molecular weight is 224 g/mol. The lowest BCUT2D eigenvalue weighted by Crippen LogP contribution is -2.59. The van der Waals surface area contributed by atoms with Crippen molar-refractivity contribution >= 4 is 0 Å². The second-order valence-corrected chi connectivity index (χ2v) is 6.03. The summed E-state index contributed by atoms with van der Waals surface area (Å²) in [6.45, 7) is 13.5. The lowest BCUT2D eigenvalue weighted by molar-refractivity contribution is 0.0103. The van der Waals surface area contributed by atoms with Crippen molar-refractivity contribution in [1.29, 1.82) is 0 Å². The molecule has 2 heterocycles. The van der Waals surface area contributed by atoms with Gasteiger partial charge in [-0.05, 0) is 38.6 Å². The fourth-order valence-corrected chi connectivity index (χ4v) is 3.36. The Morgan fingerprint density at radius 2 is 1.94 bits per heavy atom. The molecule has 3 unspecified atom stereocenters. The van der Waals surface area contributed by atoms with Crippen LogP contribution in [-0.4, -0.2) is 47.6 Å². The molecule has 0 amide bonds. The van der Waals surface area contributed by atoms with Crippen LogP contribution in [0, 0.1) is 5.92 Å². The number of nitrogens with zero attached hydrogens (tertiary/aromatic N) is 2. The van der Waals surface area contributed by atoms with Crippen LogP contribution in [0.1, 0.15) is 47.0 Å². The predicted octanol–water partition coefficient (Wildman–Crippen LogP) is 2.59. The maximum absolute atomic E-state index is 2.79. The van der Waals surface area contributed by atoms with E-state index in [0.717, 1.165) is 24.0 Å². The Hall–Kier alpha value is -0.0800. The van der Waals surface area contributed by atoms with E-state index in [1.54, 1.807) is 0 Å². The van der Waals surface area contributed by atoms with E-state index in [1.165, 1.54) is 38.9 Å². The fraction of sp³-hybridized carbons (Fsp3) is 1.00. The van der Waals surface area contributed by atoms with Crippen molar-refractivity contribution in [3.05, 3.63) is 0 Å². The van der Waals surface area contributed by atoms with Gasteiger partial charge in [0.2, 0.25) is 0 Å². The molecule has 2 heteroatoms. The zero-order valence-electron chi connectivity index (χ0n) is 11.4. The van der Waals surface area contributed by atoms with Crippen LogP contribution in [0.25, 0.3) is 0 Å². The van der Waals surface area contributed by atoms with Gasteiger partial charge in [0.1, 0.15) is 0 Å². The SMILES string of the molecule is CCC1CN2CCCC2CN1C(C)C(C)C. The Labute approximate surface area is 101 Å². The summed E-state index contributed by atoms with van der Waals surface area (Å²) in [6, 6.07) is 2.41. The van der Waals surface area contributed by atoms with Gasteiger partial charge in [-0.3, -0.25) is 9.80 Å². The van der Waals surface area contributed by atoms with Gasteiger partial charge in [-0.25, -0.2) is 0 Å². The van der Waals surface area contributed by atoms with Gasteiger partial charge in [-0.2, -0.15) is 0 Å². The molecule has 0 aromatic carbocycles. The lowest BCUT2D eigenvalue weighted by Gasteiger charge is -2.47. The highest BCUT2D eigenvalue weighted by Gasteiger charge is 2.37. The van der Waals surface area contributed by atoms with Gasteiger partial charge >= 0.3 is 0 Å². The van der Waals surface area contributed by atoms with Crippen molar-refractivity contribution in [1.82, 2.24) is 9.80 Å². The molecule has 94 valence electrons. The largest absolute Gasteiger partial charge is 0.298 e. The van der Waals surface area contributed by atoms with Gasteiger partial charge in [0, 0.05) is 31.2 Å². The van der Waals surface area contributed by atoms with Crippen LogP contribution in [0.3, 0.4) is 0 Å². The van der Waals surface area contributed by atoms with Gasteiger partial charge in [0.05, 0.1) is 0 Å². The van der Waals surface area contributed by atoms with Crippen LogP contribution < -0.4 is 0 Å². The Morgan fingerprint density at radius 3 is 2.56 bits per heavy atom. The highest BCUT2D eigenvalue weighted by Crippen LogP contribution is 2.28. The molecule has 0 N–H and O–H groups in total. The summed E-state index contributed by atoms with van der Waals surface area (Å²) in [6.07, 6.45) is 4.16. The molecule has 0 radical (unpaired) electrons. The first-order chi connectivity index (χ1) is 7.63. The quantitative estimate of drug-likeness (QED) is 0.727. The molecule has 2 aliphatic heterocycles. The van der Waals surface area contributed by atoms with Gasteiger partial charge in [0.15, 0.2) is 0 Å². The van der Waals surface area contributed by atoms with Crippen LogP contribution in [0.2, 0.25) is 0 Å². The van der Waals surface area contributed by atoms with E-state index in [-0.39, 0.29) is 0 Å². The lowest BCUT2D eigenvalue weighted by atomic mass is 9.97. The summed E-state index contributed by atoms with van der Waals surface area (Å²) in [5.41, 5.74) is 0. The molecule has 3 atom stereocenters. The van der Waals surface area contributed by atoms with E-state index in [4.69, 9.17) is 0 Å². The third-order valence-corrected chi connectivity index (χ3v) is 4.79. The zero-order chi connectivity index (χ0) is 11.7. The number of fused-ring (bicyclic) bond motifs is 1. The Bertz CT molecular complexity index is 227. The van der Waals surface area contributed by atoms with E-state index in [2.05, 4.69) is 37.5 Å². The standard InChI is InChI=1S/C14H28N2/c1-5-13-9-15-8-6-7-14(15)10-16(13)12(4)11(2)3/h11-14H,5-10H2,1-4H3. The molecule has 0 aromatic rings. The van der Waals surface area contributed by atoms with Crippen LogP contribution in [0.5, 0.6) is 0 Å². The molecule has 2 nitrogen and oxygen atoms in total. The van der Waals surface area contributed by atoms with E-state index >= 15 is 0 Å². The van der Waals surface area contributed by atoms with Crippen LogP contribution in [0.15, 0.2) is 0 Å². The minimum Gasteiger partial charge on any atom is -0.298 e. The molecule has 16 heavy (non-hydrogen) atoms. The van der Waals surface area contributed by atoms with Crippen molar-refractivity contribution < 1.29 is 0 Å². The molecule has 2 rings (SSSR count). The Balaban J connectivity index is 2.04. The Kier molecular flexibility index (Phi) is 3.91. The minimum absolute atomic E-state index is 0.743. The Morgan fingerprint density at radius 1 is 1.19 bits per heavy atom. The highest BCUT2D eigenvalue weighted by atomic mass is 15.3. The smallest absolute Gasteiger partial charge is 0.0224 e. The number of rotatable bonds is 3. The summed E-state index contributed by atoms with van der Waals surface area (Å²) in [5.74, 6) is 0.780. The molecule has 2 saturated heterocycles. The summed E-state index contributed by atoms with van der Waals surface area (Å²) in [7, 11) is 0. The van der Waals surface area contributed by atoms with Crippen molar-refractivity contribution in [3.8, 4) is 0 Å². The molecule has 0 saturated carbocycles. The van der Waals surface area contributed by atoms with Crippen molar-refractivity contribution in [3.63, 3.8) is 0 Å². The van der Waals surface area contributed by atoms with Crippen LogP contribution in [-0.2, 0) is 0 Å². The topological polar surface area (TPSA) is 6.48 Å². The summed E-state index contributed by atoms with van der Waals surface area (Å²) in [4.78, 5) is 5.52. The second-order valence-electron chi connectivity index (χ2n) is 6.03. The van der Waals surface area contributed by atoms with Gasteiger partial charge in [0.25, 0.3) is 0 Å².